The molecule has 0 heterocycles. The van der Waals surface area contributed by atoms with E-state index in [1.165, 1.54) is 70.6 Å². The Morgan fingerprint density at radius 2 is 1.12 bits per heavy atom. The van der Waals surface area contributed by atoms with Crippen LogP contribution < -0.4 is 5.32 Å². The normalized spacial score (nSPS) is 19.8. The Balaban J connectivity index is 2.09. The number of carbonyl (C=O) groups is 2. The van der Waals surface area contributed by atoms with Crippen molar-refractivity contribution < 1.29 is 14.3 Å². The van der Waals surface area contributed by atoms with Crippen molar-refractivity contribution in [3.05, 3.63) is 35.9 Å². The summed E-state index contributed by atoms with van der Waals surface area (Å²) >= 11 is 0. The predicted octanol–water partition coefficient (Wildman–Crippen LogP) is 7.36. The van der Waals surface area contributed by atoms with Gasteiger partial charge in [0.15, 0.2) is 0 Å². The highest BCUT2D eigenvalue weighted by molar-refractivity contribution is 5.98. The lowest BCUT2D eigenvalue weighted by atomic mass is 9.85. The van der Waals surface area contributed by atoms with E-state index >= 15 is 0 Å². The van der Waals surface area contributed by atoms with Crippen molar-refractivity contribution in [2.75, 3.05) is 6.61 Å². The molecular formula is C28H45NO3. The third-order valence-corrected chi connectivity index (χ3v) is 6.76. The first-order valence-corrected chi connectivity index (χ1v) is 13.2. The monoisotopic (exact) mass is 443 g/mol. The highest BCUT2D eigenvalue weighted by Gasteiger charge is 2.40. The molecule has 32 heavy (non-hydrogen) atoms. The van der Waals surface area contributed by atoms with Crippen molar-refractivity contribution >= 4 is 11.9 Å². The number of hydrogen-bond donors (Lipinski definition) is 1. The average Bonchev–Trinajstić information content (AvgIpc) is 2.81. The number of hydrogen-bond acceptors (Lipinski definition) is 3. The standard InChI is InChI=1S/C28H45NO3/c1-2-32-27(31)28(29-26(30)25-21-17-16-18-22-25)23-19-14-12-10-8-6-4-3-5-7-9-11-13-15-20-24-28/h16-18,21-22H,2-15,19-20,23-24H2,1H3,(H,29,30). The number of nitrogens with one attached hydrogen (secondary N) is 1. The first-order valence-electron chi connectivity index (χ1n) is 13.2. The van der Waals surface area contributed by atoms with Gasteiger partial charge in [0.1, 0.15) is 5.54 Å². The average molecular weight is 444 g/mol. The van der Waals surface area contributed by atoms with Gasteiger partial charge in [-0.2, -0.15) is 0 Å². The molecule has 4 nitrogen and oxygen atoms in total. The van der Waals surface area contributed by atoms with Gasteiger partial charge in [0, 0.05) is 5.56 Å². The van der Waals surface area contributed by atoms with E-state index in [0.29, 0.717) is 25.0 Å². The van der Waals surface area contributed by atoms with Gasteiger partial charge < -0.3 is 10.1 Å². The van der Waals surface area contributed by atoms with Crippen LogP contribution in [0.25, 0.3) is 0 Å². The molecule has 0 atom stereocenters. The molecule has 0 bridgehead atoms. The minimum Gasteiger partial charge on any atom is -0.464 e. The van der Waals surface area contributed by atoms with Crippen LogP contribution in [0.15, 0.2) is 30.3 Å². The number of rotatable bonds is 4. The molecule has 0 radical (unpaired) electrons. The summed E-state index contributed by atoms with van der Waals surface area (Å²) in [6.45, 7) is 2.17. The van der Waals surface area contributed by atoms with Crippen LogP contribution in [0.2, 0.25) is 0 Å². The minimum atomic E-state index is -0.922. The highest BCUT2D eigenvalue weighted by Crippen LogP contribution is 2.27. The van der Waals surface area contributed by atoms with Crippen LogP contribution in [0.1, 0.15) is 126 Å². The quantitative estimate of drug-likeness (QED) is 0.494. The Labute approximate surface area is 195 Å². The summed E-state index contributed by atoms with van der Waals surface area (Å²) in [5, 5.41) is 3.14. The molecule has 1 aliphatic rings. The smallest absolute Gasteiger partial charge is 0.331 e. The van der Waals surface area contributed by atoms with Gasteiger partial charge in [-0.05, 0) is 31.9 Å². The topological polar surface area (TPSA) is 55.4 Å². The zero-order valence-corrected chi connectivity index (χ0v) is 20.3. The van der Waals surface area contributed by atoms with E-state index in [1.807, 2.05) is 25.1 Å². The van der Waals surface area contributed by atoms with Crippen LogP contribution in [0.5, 0.6) is 0 Å². The van der Waals surface area contributed by atoms with Gasteiger partial charge in [-0.25, -0.2) is 4.79 Å². The van der Waals surface area contributed by atoms with Crippen LogP contribution in [-0.2, 0) is 9.53 Å². The van der Waals surface area contributed by atoms with Crippen LogP contribution >= 0.6 is 0 Å². The molecule has 0 aromatic heterocycles. The van der Waals surface area contributed by atoms with E-state index in [0.717, 1.165) is 25.7 Å². The van der Waals surface area contributed by atoms with E-state index in [-0.39, 0.29) is 11.9 Å². The maximum absolute atomic E-state index is 13.2. The van der Waals surface area contributed by atoms with Gasteiger partial charge in [-0.3, -0.25) is 4.79 Å². The molecule has 0 saturated heterocycles. The van der Waals surface area contributed by atoms with E-state index in [2.05, 4.69) is 5.32 Å². The third kappa shape index (κ3) is 9.75. The molecule has 0 unspecified atom stereocenters. The fraction of sp³-hybridized carbons (Fsp3) is 0.714. The SMILES string of the molecule is CCOC(=O)C1(NC(=O)c2ccccc2)CCCCCCCCCCCCCCCCC1. The fourth-order valence-corrected chi connectivity index (χ4v) is 4.81. The number of esters is 1. The summed E-state index contributed by atoms with van der Waals surface area (Å²) in [5.74, 6) is -0.445. The number of benzene rings is 1. The van der Waals surface area contributed by atoms with Crippen molar-refractivity contribution in [3.8, 4) is 0 Å². The van der Waals surface area contributed by atoms with Crippen LogP contribution in [0.4, 0.5) is 0 Å². The van der Waals surface area contributed by atoms with Gasteiger partial charge in [-0.15, -0.1) is 0 Å². The fourth-order valence-electron chi connectivity index (χ4n) is 4.81. The van der Waals surface area contributed by atoms with E-state index in [4.69, 9.17) is 4.74 Å². The summed E-state index contributed by atoms with van der Waals surface area (Å²) in [4.78, 5) is 26.2. The molecule has 1 N–H and O–H groups in total. The summed E-state index contributed by atoms with van der Waals surface area (Å²) < 4.78 is 5.50. The van der Waals surface area contributed by atoms with Crippen LogP contribution in [0, 0.1) is 0 Å². The summed E-state index contributed by atoms with van der Waals surface area (Å²) in [7, 11) is 0. The number of ether oxygens (including phenoxy) is 1. The Morgan fingerprint density at radius 3 is 1.53 bits per heavy atom. The lowest BCUT2D eigenvalue weighted by Gasteiger charge is -2.33. The molecule has 1 aromatic carbocycles. The van der Waals surface area contributed by atoms with Crippen molar-refractivity contribution in [3.63, 3.8) is 0 Å². The Hall–Kier alpha value is -1.84. The van der Waals surface area contributed by atoms with E-state index in [1.54, 1.807) is 12.1 Å². The van der Waals surface area contributed by atoms with Gasteiger partial charge in [0.05, 0.1) is 6.61 Å². The number of carbonyl (C=O) groups excluding carboxylic acids is 2. The highest BCUT2D eigenvalue weighted by atomic mass is 16.5. The van der Waals surface area contributed by atoms with E-state index in [9.17, 15) is 9.59 Å². The second kappa shape index (κ2) is 15.9. The maximum atomic E-state index is 13.2. The maximum Gasteiger partial charge on any atom is 0.331 e. The van der Waals surface area contributed by atoms with Crippen LogP contribution in [0.3, 0.4) is 0 Å². The largest absolute Gasteiger partial charge is 0.464 e. The number of amides is 1. The third-order valence-electron chi connectivity index (χ3n) is 6.76. The van der Waals surface area contributed by atoms with Crippen molar-refractivity contribution in [1.82, 2.24) is 5.32 Å². The molecule has 1 fully saturated rings. The zero-order chi connectivity index (χ0) is 22.9. The second-order valence-corrected chi connectivity index (χ2v) is 9.43. The van der Waals surface area contributed by atoms with Crippen LogP contribution in [-0.4, -0.2) is 24.0 Å². The second-order valence-electron chi connectivity index (χ2n) is 9.43. The summed E-state index contributed by atoms with van der Waals surface area (Å²) in [5.41, 5.74) is -0.329. The molecule has 0 spiro atoms. The van der Waals surface area contributed by atoms with Gasteiger partial charge in [-0.1, -0.05) is 115 Å². The van der Waals surface area contributed by atoms with Crippen molar-refractivity contribution in [2.24, 2.45) is 0 Å². The molecule has 1 amide bonds. The molecule has 2 rings (SSSR count). The lowest BCUT2D eigenvalue weighted by molar-refractivity contribution is -0.151. The summed E-state index contributed by atoms with van der Waals surface area (Å²) in [6.07, 6.45) is 19.8. The Kier molecular flexibility index (Phi) is 13.1. The molecule has 0 aliphatic heterocycles. The Bertz CT molecular complexity index is 625. The minimum absolute atomic E-state index is 0.180. The molecule has 1 aromatic rings. The first-order chi connectivity index (χ1) is 15.7. The molecule has 180 valence electrons. The van der Waals surface area contributed by atoms with Gasteiger partial charge in [0.2, 0.25) is 0 Å². The molecule has 4 heteroatoms. The molecule has 1 saturated carbocycles. The molecule has 1 aliphatic carbocycles. The Morgan fingerprint density at radius 1 is 0.719 bits per heavy atom. The zero-order valence-electron chi connectivity index (χ0n) is 20.3. The first kappa shape index (κ1) is 26.4. The van der Waals surface area contributed by atoms with Crippen molar-refractivity contribution in [1.29, 1.82) is 0 Å². The van der Waals surface area contributed by atoms with Gasteiger partial charge in [0.25, 0.3) is 5.91 Å². The molecular weight excluding hydrogens is 398 g/mol. The summed E-state index contributed by atoms with van der Waals surface area (Å²) in [6, 6.07) is 9.21. The van der Waals surface area contributed by atoms with E-state index < -0.39 is 5.54 Å². The predicted molar refractivity (Wildman–Crippen MR) is 132 cm³/mol. The lowest BCUT2D eigenvalue weighted by Crippen LogP contribution is -2.55. The van der Waals surface area contributed by atoms with Crippen molar-refractivity contribution in [2.45, 2.75) is 122 Å². The van der Waals surface area contributed by atoms with Gasteiger partial charge >= 0.3 is 5.97 Å².